The number of amides is 1. The van der Waals surface area contributed by atoms with Crippen LogP contribution >= 0.6 is 0 Å². The van der Waals surface area contributed by atoms with Crippen molar-refractivity contribution in [1.29, 1.82) is 0 Å². The minimum absolute atomic E-state index is 0.0233. The molecule has 0 radical (unpaired) electrons. The van der Waals surface area contributed by atoms with E-state index in [0.29, 0.717) is 0 Å². The van der Waals surface area contributed by atoms with E-state index in [1.165, 1.54) is 18.5 Å². The van der Waals surface area contributed by atoms with E-state index in [2.05, 4.69) is 34.5 Å². The summed E-state index contributed by atoms with van der Waals surface area (Å²) in [6, 6.07) is 16.3. The van der Waals surface area contributed by atoms with Crippen LogP contribution in [0.1, 0.15) is 24.0 Å². The molecule has 1 saturated heterocycles. The number of carbonyl (C=O) groups is 1. The van der Waals surface area contributed by atoms with E-state index in [-0.39, 0.29) is 5.91 Å². The van der Waals surface area contributed by atoms with Gasteiger partial charge in [0.05, 0.1) is 0 Å². The van der Waals surface area contributed by atoms with Gasteiger partial charge in [-0.1, -0.05) is 30.3 Å². The van der Waals surface area contributed by atoms with Crippen LogP contribution in [0, 0.1) is 0 Å². The maximum absolute atomic E-state index is 12.1. The van der Waals surface area contributed by atoms with Gasteiger partial charge in [-0.15, -0.1) is 0 Å². The van der Waals surface area contributed by atoms with Gasteiger partial charge in [0.1, 0.15) is 0 Å². The van der Waals surface area contributed by atoms with Crippen molar-refractivity contribution in [2.45, 2.75) is 12.8 Å². The summed E-state index contributed by atoms with van der Waals surface area (Å²) in [5.74, 6) is -0.0233. The zero-order chi connectivity index (χ0) is 14.9. The van der Waals surface area contributed by atoms with Crippen LogP contribution in [0.15, 0.2) is 48.5 Å². The molecule has 110 valence electrons. The Labute approximate surface area is 130 Å². The lowest BCUT2D eigenvalue weighted by molar-refractivity contribution is -0.110. The SMILES string of the molecule is O=C1Nc2ccccc2C1=Cc1ccc(N2CCCC2)cc1. The fourth-order valence-electron chi connectivity index (χ4n) is 3.21. The molecule has 22 heavy (non-hydrogen) atoms. The molecule has 4 rings (SSSR count). The number of rotatable bonds is 2. The molecule has 0 atom stereocenters. The lowest BCUT2D eigenvalue weighted by Crippen LogP contribution is -2.17. The molecule has 2 aromatic carbocycles. The van der Waals surface area contributed by atoms with Crippen LogP contribution in [0.25, 0.3) is 11.6 Å². The van der Waals surface area contributed by atoms with Gasteiger partial charge in [0.15, 0.2) is 0 Å². The van der Waals surface area contributed by atoms with Gasteiger partial charge in [0, 0.05) is 35.6 Å². The Kier molecular flexibility index (Phi) is 3.19. The lowest BCUT2D eigenvalue weighted by Gasteiger charge is -2.17. The van der Waals surface area contributed by atoms with Crippen molar-refractivity contribution in [3.8, 4) is 0 Å². The third-order valence-corrected chi connectivity index (χ3v) is 4.39. The van der Waals surface area contributed by atoms with Gasteiger partial charge in [-0.05, 0) is 42.7 Å². The van der Waals surface area contributed by atoms with Crippen molar-refractivity contribution in [1.82, 2.24) is 0 Å². The average Bonchev–Trinajstić information content (AvgIpc) is 3.17. The first-order valence-corrected chi connectivity index (χ1v) is 7.79. The molecule has 0 aromatic heterocycles. The largest absolute Gasteiger partial charge is 0.372 e. The monoisotopic (exact) mass is 290 g/mol. The molecule has 3 nitrogen and oxygen atoms in total. The Morgan fingerprint density at radius 2 is 1.68 bits per heavy atom. The summed E-state index contributed by atoms with van der Waals surface area (Å²) in [6.07, 6.45) is 4.53. The summed E-state index contributed by atoms with van der Waals surface area (Å²) < 4.78 is 0. The fraction of sp³-hybridized carbons (Fsp3) is 0.211. The number of nitrogens with zero attached hydrogens (tertiary/aromatic N) is 1. The second-order valence-electron chi connectivity index (χ2n) is 5.84. The standard InChI is InChI=1S/C19H18N2O/c22-19-17(16-5-1-2-6-18(16)20-19)13-14-7-9-15(10-8-14)21-11-3-4-12-21/h1-2,5-10,13H,3-4,11-12H2,(H,20,22). The third kappa shape index (κ3) is 2.29. The minimum Gasteiger partial charge on any atom is -0.372 e. The van der Waals surface area contributed by atoms with E-state index in [0.717, 1.165) is 35.5 Å². The van der Waals surface area contributed by atoms with Gasteiger partial charge < -0.3 is 10.2 Å². The van der Waals surface area contributed by atoms with E-state index < -0.39 is 0 Å². The molecule has 3 heteroatoms. The first kappa shape index (κ1) is 13.1. The number of carbonyl (C=O) groups excluding carboxylic acids is 1. The van der Waals surface area contributed by atoms with Crippen molar-refractivity contribution in [2.24, 2.45) is 0 Å². The van der Waals surface area contributed by atoms with Gasteiger partial charge in [-0.2, -0.15) is 0 Å². The van der Waals surface area contributed by atoms with Gasteiger partial charge >= 0.3 is 0 Å². The molecule has 0 aliphatic carbocycles. The van der Waals surface area contributed by atoms with Gasteiger partial charge in [0.25, 0.3) is 5.91 Å². The summed E-state index contributed by atoms with van der Waals surface area (Å²) in [4.78, 5) is 14.5. The molecule has 1 N–H and O–H groups in total. The van der Waals surface area contributed by atoms with Crippen molar-refractivity contribution in [3.05, 3.63) is 59.7 Å². The zero-order valence-corrected chi connectivity index (χ0v) is 12.4. The van der Waals surface area contributed by atoms with Crippen molar-refractivity contribution in [3.63, 3.8) is 0 Å². The molecular weight excluding hydrogens is 272 g/mol. The number of hydrogen-bond acceptors (Lipinski definition) is 2. The van der Waals surface area contributed by atoms with E-state index in [4.69, 9.17) is 0 Å². The van der Waals surface area contributed by atoms with Crippen LogP contribution in [-0.2, 0) is 4.79 Å². The zero-order valence-electron chi connectivity index (χ0n) is 12.4. The summed E-state index contributed by atoms with van der Waals surface area (Å²) in [6.45, 7) is 2.30. The molecular formula is C19H18N2O. The Bertz CT molecular complexity index is 740. The molecule has 2 aromatic rings. The average molecular weight is 290 g/mol. The quantitative estimate of drug-likeness (QED) is 0.854. The number of anilines is 2. The first-order chi connectivity index (χ1) is 10.8. The van der Waals surface area contributed by atoms with Crippen molar-refractivity contribution < 1.29 is 4.79 Å². The highest BCUT2D eigenvalue weighted by Gasteiger charge is 2.23. The highest BCUT2D eigenvalue weighted by molar-refractivity contribution is 6.34. The summed E-state index contributed by atoms with van der Waals surface area (Å²) >= 11 is 0. The Balaban J connectivity index is 1.64. The molecule has 0 saturated carbocycles. The fourth-order valence-corrected chi connectivity index (χ4v) is 3.21. The molecule has 2 aliphatic rings. The maximum atomic E-state index is 12.1. The van der Waals surface area contributed by atoms with Crippen molar-refractivity contribution in [2.75, 3.05) is 23.3 Å². The van der Waals surface area contributed by atoms with E-state index >= 15 is 0 Å². The second-order valence-corrected chi connectivity index (χ2v) is 5.84. The third-order valence-electron chi connectivity index (χ3n) is 4.39. The second kappa shape index (κ2) is 5.34. The smallest absolute Gasteiger partial charge is 0.256 e. The number of benzene rings is 2. The predicted octanol–water partition coefficient (Wildman–Crippen LogP) is 3.78. The Hall–Kier alpha value is -2.55. The van der Waals surface area contributed by atoms with E-state index in [9.17, 15) is 4.79 Å². The van der Waals surface area contributed by atoms with Gasteiger partial charge in [0.2, 0.25) is 0 Å². The normalized spacial score (nSPS) is 18.6. The Morgan fingerprint density at radius 3 is 2.45 bits per heavy atom. The van der Waals surface area contributed by atoms with Crippen molar-refractivity contribution >= 4 is 28.9 Å². The topological polar surface area (TPSA) is 32.3 Å². The molecule has 0 bridgehead atoms. The molecule has 2 aliphatic heterocycles. The summed E-state index contributed by atoms with van der Waals surface area (Å²) in [7, 11) is 0. The van der Waals surface area contributed by atoms with E-state index in [1.807, 2.05) is 30.3 Å². The number of hydrogen-bond donors (Lipinski definition) is 1. The van der Waals surface area contributed by atoms with Crippen LogP contribution in [0.3, 0.4) is 0 Å². The molecule has 0 unspecified atom stereocenters. The number of fused-ring (bicyclic) bond motifs is 1. The van der Waals surface area contributed by atoms with Gasteiger partial charge in [-0.3, -0.25) is 4.79 Å². The van der Waals surface area contributed by atoms with Crippen LogP contribution in [0.5, 0.6) is 0 Å². The number of nitrogens with one attached hydrogen (secondary N) is 1. The highest BCUT2D eigenvalue weighted by Crippen LogP contribution is 2.33. The lowest BCUT2D eigenvalue weighted by atomic mass is 10.0. The minimum atomic E-state index is -0.0233. The number of para-hydroxylation sites is 1. The van der Waals surface area contributed by atoms with Crippen LogP contribution in [-0.4, -0.2) is 19.0 Å². The molecule has 0 spiro atoms. The predicted molar refractivity (Wildman–Crippen MR) is 90.8 cm³/mol. The molecule has 1 amide bonds. The van der Waals surface area contributed by atoms with Crippen LogP contribution in [0.2, 0.25) is 0 Å². The first-order valence-electron chi connectivity index (χ1n) is 7.79. The Morgan fingerprint density at radius 1 is 0.955 bits per heavy atom. The summed E-state index contributed by atoms with van der Waals surface area (Å²) in [5.41, 5.74) is 4.95. The van der Waals surface area contributed by atoms with Crippen LogP contribution < -0.4 is 10.2 Å². The van der Waals surface area contributed by atoms with E-state index in [1.54, 1.807) is 0 Å². The van der Waals surface area contributed by atoms with Crippen LogP contribution in [0.4, 0.5) is 11.4 Å². The molecule has 1 fully saturated rings. The van der Waals surface area contributed by atoms with Gasteiger partial charge in [-0.25, -0.2) is 0 Å². The highest BCUT2D eigenvalue weighted by atomic mass is 16.2. The molecule has 2 heterocycles. The summed E-state index contributed by atoms with van der Waals surface area (Å²) in [5, 5.41) is 2.91. The maximum Gasteiger partial charge on any atom is 0.256 e.